The summed E-state index contributed by atoms with van der Waals surface area (Å²) in [5.74, 6) is 1.56. The van der Waals surface area contributed by atoms with Crippen molar-refractivity contribution in [3.05, 3.63) is 46.4 Å². The number of fused-ring (bicyclic) bond motifs is 1. The predicted octanol–water partition coefficient (Wildman–Crippen LogP) is 3.76. The molecule has 0 radical (unpaired) electrons. The number of hydrogen-bond donors (Lipinski definition) is 0. The zero-order valence-electron chi connectivity index (χ0n) is 16.8. The van der Waals surface area contributed by atoms with E-state index in [1.165, 1.54) is 0 Å². The molecule has 7 heteroatoms. The Morgan fingerprint density at radius 3 is 2.36 bits per heavy atom. The monoisotopic (exact) mass is 400 g/mol. The van der Waals surface area contributed by atoms with Crippen LogP contribution in [0.5, 0.6) is 17.2 Å². The third kappa shape index (κ3) is 3.26. The molecule has 0 saturated heterocycles. The molecule has 0 bridgehead atoms. The first-order valence-corrected chi connectivity index (χ1v) is 9.64. The summed E-state index contributed by atoms with van der Waals surface area (Å²) in [7, 11) is 4.73. The number of aryl methyl sites for hydroxylation is 1. The minimum atomic E-state index is -0.0511. The maximum Gasteiger partial charge on any atom is 0.249 e. The molecule has 0 unspecified atom stereocenters. The minimum absolute atomic E-state index is 0.0511. The predicted molar refractivity (Wildman–Crippen MR) is 113 cm³/mol. The maximum absolute atomic E-state index is 12.7. The summed E-state index contributed by atoms with van der Waals surface area (Å²) in [5.41, 5.74) is 3.63. The molecule has 2 heterocycles. The fraction of sp³-hybridized carbons (Fsp3) is 0.333. The van der Waals surface area contributed by atoms with Gasteiger partial charge in [-0.15, -0.1) is 17.9 Å². The molecule has 0 N–H and O–H groups in total. The van der Waals surface area contributed by atoms with Crippen LogP contribution in [0.15, 0.2) is 29.8 Å². The molecule has 3 rings (SSSR count). The van der Waals surface area contributed by atoms with E-state index in [9.17, 15) is 4.79 Å². The van der Waals surface area contributed by atoms with Crippen LogP contribution >= 0.6 is 11.3 Å². The highest BCUT2D eigenvalue weighted by molar-refractivity contribution is 7.17. The summed E-state index contributed by atoms with van der Waals surface area (Å²) in [5, 5.41) is 0.893. The van der Waals surface area contributed by atoms with Crippen LogP contribution in [0.3, 0.4) is 0 Å². The number of anilines is 1. The molecule has 0 aliphatic carbocycles. The SMILES string of the molecule is C=CCN1C(=O)CN=C(c2cc(OC)c(OC)c(OC)c2)c2c1sc(C)c2C. The Bertz CT molecular complexity index is 937. The van der Waals surface area contributed by atoms with Crippen molar-refractivity contribution in [3.63, 3.8) is 0 Å². The van der Waals surface area contributed by atoms with Gasteiger partial charge in [-0.25, -0.2) is 0 Å². The van der Waals surface area contributed by atoms with Crippen LogP contribution < -0.4 is 19.1 Å². The summed E-state index contributed by atoms with van der Waals surface area (Å²) in [6.45, 7) is 8.42. The van der Waals surface area contributed by atoms with Gasteiger partial charge < -0.3 is 14.2 Å². The van der Waals surface area contributed by atoms with Gasteiger partial charge in [0.2, 0.25) is 11.7 Å². The van der Waals surface area contributed by atoms with E-state index in [2.05, 4.69) is 25.4 Å². The quantitative estimate of drug-likeness (QED) is 0.693. The molecule has 28 heavy (non-hydrogen) atoms. The van der Waals surface area contributed by atoms with Crippen LogP contribution in [0.1, 0.15) is 21.6 Å². The Labute approximate surface area is 169 Å². The molecule has 0 fully saturated rings. The van der Waals surface area contributed by atoms with E-state index in [1.807, 2.05) is 12.1 Å². The van der Waals surface area contributed by atoms with Crippen molar-refractivity contribution in [2.45, 2.75) is 13.8 Å². The van der Waals surface area contributed by atoms with Crippen LogP contribution in [0.25, 0.3) is 0 Å². The van der Waals surface area contributed by atoms with Crippen LogP contribution in [-0.2, 0) is 4.79 Å². The second kappa shape index (κ2) is 8.06. The molecule has 1 aliphatic rings. The van der Waals surface area contributed by atoms with E-state index in [4.69, 9.17) is 14.2 Å². The van der Waals surface area contributed by atoms with E-state index in [-0.39, 0.29) is 12.5 Å². The standard InChI is InChI=1S/C21H24N2O4S/c1-7-8-23-17(24)11-22-19(18-12(2)13(3)28-21(18)23)14-9-15(25-4)20(27-6)16(10-14)26-5/h7,9-10H,1,8,11H2,2-6H3. The van der Waals surface area contributed by atoms with Crippen LogP contribution in [0, 0.1) is 13.8 Å². The average molecular weight is 401 g/mol. The number of hydrogen-bond acceptors (Lipinski definition) is 6. The molecule has 6 nitrogen and oxygen atoms in total. The van der Waals surface area contributed by atoms with Gasteiger partial charge in [0.25, 0.3) is 0 Å². The summed E-state index contributed by atoms with van der Waals surface area (Å²) >= 11 is 1.60. The van der Waals surface area contributed by atoms with Crippen LogP contribution in [0.2, 0.25) is 0 Å². The number of methoxy groups -OCH3 is 3. The van der Waals surface area contributed by atoms with Gasteiger partial charge >= 0.3 is 0 Å². The van der Waals surface area contributed by atoms with Crippen molar-refractivity contribution in [2.75, 3.05) is 39.3 Å². The van der Waals surface area contributed by atoms with Crippen molar-refractivity contribution >= 4 is 28.0 Å². The first-order valence-electron chi connectivity index (χ1n) is 8.83. The summed E-state index contributed by atoms with van der Waals surface area (Å²) in [6, 6.07) is 3.73. The number of rotatable bonds is 6. The van der Waals surface area contributed by atoms with Gasteiger partial charge in [-0.2, -0.15) is 0 Å². The Morgan fingerprint density at radius 2 is 1.82 bits per heavy atom. The smallest absolute Gasteiger partial charge is 0.249 e. The molecule has 0 spiro atoms. The Kier molecular flexibility index (Phi) is 5.74. The van der Waals surface area contributed by atoms with Crippen molar-refractivity contribution in [1.82, 2.24) is 0 Å². The zero-order chi connectivity index (χ0) is 20.4. The fourth-order valence-electron chi connectivity index (χ4n) is 3.27. The van der Waals surface area contributed by atoms with E-state index >= 15 is 0 Å². The molecule has 0 saturated carbocycles. The van der Waals surface area contributed by atoms with Crippen LogP contribution in [-0.4, -0.2) is 46.0 Å². The van der Waals surface area contributed by atoms with Crippen molar-refractivity contribution in [1.29, 1.82) is 0 Å². The highest BCUT2D eigenvalue weighted by atomic mass is 32.1. The first kappa shape index (κ1) is 19.9. The van der Waals surface area contributed by atoms with Gasteiger partial charge in [0.05, 0.1) is 27.0 Å². The first-order chi connectivity index (χ1) is 13.5. The summed E-state index contributed by atoms with van der Waals surface area (Å²) in [6.07, 6.45) is 1.73. The fourth-order valence-corrected chi connectivity index (χ4v) is 4.45. The number of benzene rings is 1. The highest BCUT2D eigenvalue weighted by Crippen LogP contribution is 2.42. The van der Waals surface area contributed by atoms with E-state index in [1.54, 1.807) is 43.6 Å². The van der Waals surface area contributed by atoms with Gasteiger partial charge in [-0.05, 0) is 31.5 Å². The average Bonchev–Trinajstić information content (AvgIpc) is 2.91. The lowest BCUT2D eigenvalue weighted by molar-refractivity contribution is -0.117. The number of carbonyl (C=O) groups is 1. The number of nitrogens with zero attached hydrogens (tertiary/aromatic N) is 2. The second-order valence-corrected chi connectivity index (χ2v) is 7.54. The lowest BCUT2D eigenvalue weighted by atomic mass is 9.99. The minimum Gasteiger partial charge on any atom is -0.493 e. The number of aliphatic imine (C=N–C) groups is 1. The van der Waals surface area contributed by atoms with Crippen molar-refractivity contribution < 1.29 is 19.0 Å². The van der Waals surface area contributed by atoms with Crippen molar-refractivity contribution in [2.24, 2.45) is 4.99 Å². The lowest BCUT2D eigenvalue weighted by Crippen LogP contribution is -2.31. The number of ether oxygens (including phenoxy) is 3. The lowest BCUT2D eigenvalue weighted by Gasteiger charge is -2.19. The zero-order valence-corrected chi connectivity index (χ0v) is 17.6. The Hall–Kier alpha value is -2.80. The maximum atomic E-state index is 12.7. The van der Waals surface area contributed by atoms with Gasteiger partial charge in [-0.3, -0.25) is 14.7 Å². The van der Waals surface area contributed by atoms with Gasteiger partial charge in [-0.1, -0.05) is 6.08 Å². The molecule has 0 atom stereocenters. The highest BCUT2D eigenvalue weighted by Gasteiger charge is 2.30. The van der Waals surface area contributed by atoms with Crippen LogP contribution in [0.4, 0.5) is 5.00 Å². The molecular weight excluding hydrogens is 376 g/mol. The molecule has 148 valence electrons. The molecule has 1 aromatic heterocycles. The summed E-state index contributed by atoms with van der Waals surface area (Å²) < 4.78 is 16.4. The molecule has 1 amide bonds. The Balaban J connectivity index is 2.26. The van der Waals surface area contributed by atoms with E-state index < -0.39 is 0 Å². The number of thiophene rings is 1. The normalized spacial score (nSPS) is 13.5. The summed E-state index contributed by atoms with van der Waals surface area (Å²) in [4.78, 5) is 20.3. The Morgan fingerprint density at radius 1 is 1.18 bits per heavy atom. The molecule has 1 aromatic carbocycles. The van der Waals surface area contributed by atoms with Crippen molar-refractivity contribution in [3.8, 4) is 17.2 Å². The topological polar surface area (TPSA) is 60.4 Å². The van der Waals surface area contributed by atoms with E-state index in [0.29, 0.717) is 23.8 Å². The third-order valence-corrected chi connectivity index (χ3v) is 6.00. The van der Waals surface area contributed by atoms with Gasteiger partial charge in [0.1, 0.15) is 11.5 Å². The van der Waals surface area contributed by atoms with E-state index in [0.717, 1.165) is 32.3 Å². The second-order valence-electron chi connectivity index (χ2n) is 6.34. The molecule has 2 aromatic rings. The van der Waals surface area contributed by atoms with Gasteiger partial charge in [0, 0.05) is 22.5 Å². The largest absolute Gasteiger partial charge is 0.493 e. The number of carbonyl (C=O) groups excluding carboxylic acids is 1. The molecule has 1 aliphatic heterocycles. The van der Waals surface area contributed by atoms with Gasteiger partial charge in [0.15, 0.2) is 11.5 Å². The number of amides is 1. The third-order valence-electron chi connectivity index (χ3n) is 4.77. The molecular formula is C21H24N2O4S.